The van der Waals surface area contributed by atoms with E-state index < -0.39 is 12.5 Å². The van der Waals surface area contributed by atoms with Crippen molar-refractivity contribution in [2.45, 2.75) is 12.5 Å². The standard InChI is InChI=1S/C11H15F2NO/c1-14(2)7-9-4-3-5-10(6-9)11(12,13)8-15/h3-6,15H,7-8H2,1-2H3. The zero-order chi connectivity index (χ0) is 11.5. The molecule has 4 heteroatoms. The van der Waals surface area contributed by atoms with Crippen molar-refractivity contribution in [3.8, 4) is 0 Å². The Balaban J connectivity index is 2.92. The van der Waals surface area contributed by atoms with E-state index in [0.717, 1.165) is 5.56 Å². The molecule has 1 rings (SSSR count). The second-order valence-electron chi connectivity index (χ2n) is 3.80. The monoisotopic (exact) mass is 215 g/mol. The third kappa shape index (κ3) is 3.25. The van der Waals surface area contributed by atoms with Crippen molar-refractivity contribution >= 4 is 0 Å². The van der Waals surface area contributed by atoms with Gasteiger partial charge in [-0.2, -0.15) is 8.78 Å². The number of hydrogen-bond acceptors (Lipinski definition) is 2. The van der Waals surface area contributed by atoms with Crippen LogP contribution in [0.25, 0.3) is 0 Å². The predicted molar refractivity (Wildman–Crippen MR) is 54.8 cm³/mol. The minimum absolute atomic E-state index is 0.135. The molecular weight excluding hydrogens is 200 g/mol. The summed E-state index contributed by atoms with van der Waals surface area (Å²) in [5.41, 5.74) is 0.676. The van der Waals surface area contributed by atoms with Gasteiger partial charge in [0.1, 0.15) is 6.61 Å². The van der Waals surface area contributed by atoms with Gasteiger partial charge in [-0.15, -0.1) is 0 Å². The zero-order valence-corrected chi connectivity index (χ0v) is 8.87. The first-order valence-electron chi connectivity index (χ1n) is 4.68. The van der Waals surface area contributed by atoms with Crippen molar-refractivity contribution in [1.29, 1.82) is 0 Å². The van der Waals surface area contributed by atoms with Gasteiger partial charge in [-0.1, -0.05) is 18.2 Å². The van der Waals surface area contributed by atoms with E-state index in [4.69, 9.17) is 5.11 Å². The number of aliphatic hydroxyl groups is 1. The van der Waals surface area contributed by atoms with Gasteiger partial charge >= 0.3 is 0 Å². The zero-order valence-electron chi connectivity index (χ0n) is 8.87. The van der Waals surface area contributed by atoms with Crippen LogP contribution in [0.5, 0.6) is 0 Å². The molecule has 0 fully saturated rings. The second kappa shape index (κ2) is 4.68. The molecule has 0 aliphatic rings. The van der Waals surface area contributed by atoms with Crippen LogP contribution in [0.1, 0.15) is 11.1 Å². The van der Waals surface area contributed by atoms with Gasteiger partial charge in [0.15, 0.2) is 0 Å². The van der Waals surface area contributed by atoms with Crippen LogP contribution >= 0.6 is 0 Å². The first-order valence-corrected chi connectivity index (χ1v) is 4.68. The molecule has 0 atom stereocenters. The van der Waals surface area contributed by atoms with Crippen molar-refractivity contribution in [3.63, 3.8) is 0 Å². The summed E-state index contributed by atoms with van der Waals surface area (Å²) in [4.78, 5) is 1.90. The molecule has 1 aromatic carbocycles. The van der Waals surface area contributed by atoms with Gasteiger partial charge in [-0.25, -0.2) is 0 Å². The van der Waals surface area contributed by atoms with Gasteiger partial charge in [0.25, 0.3) is 5.92 Å². The summed E-state index contributed by atoms with van der Waals surface area (Å²) in [6.07, 6.45) is 0. The molecule has 0 radical (unpaired) electrons. The smallest absolute Gasteiger partial charge is 0.295 e. The minimum atomic E-state index is -3.15. The van der Waals surface area contributed by atoms with Crippen LogP contribution in [0, 0.1) is 0 Å². The molecule has 84 valence electrons. The number of halogens is 2. The van der Waals surface area contributed by atoms with Gasteiger partial charge in [0, 0.05) is 12.1 Å². The average Bonchev–Trinajstić information content (AvgIpc) is 2.17. The van der Waals surface area contributed by atoms with E-state index in [1.807, 2.05) is 19.0 Å². The number of rotatable bonds is 4. The summed E-state index contributed by atoms with van der Waals surface area (Å²) in [6, 6.07) is 6.13. The van der Waals surface area contributed by atoms with Gasteiger partial charge in [0.05, 0.1) is 0 Å². The SMILES string of the molecule is CN(C)Cc1cccc(C(F)(F)CO)c1. The third-order valence-electron chi connectivity index (χ3n) is 2.05. The topological polar surface area (TPSA) is 23.5 Å². The van der Waals surface area contributed by atoms with Crippen LogP contribution in [0.15, 0.2) is 24.3 Å². The third-order valence-corrected chi connectivity index (χ3v) is 2.05. The van der Waals surface area contributed by atoms with Crippen LogP contribution in [0.4, 0.5) is 8.78 Å². The molecule has 0 spiro atoms. The summed E-state index contributed by atoms with van der Waals surface area (Å²) in [5, 5.41) is 8.56. The van der Waals surface area contributed by atoms with Crippen LogP contribution in [0.2, 0.25) is 0 Å². The van der Waals surface area contributed by atoms with Gasteiger partial charge in [-0.3, -0.25) is 0 Å². The maximum Gasteiger partial charge on any atom is 0.295 e. The quantitative estimate of drug-likeness (QED) is 0.828. The van der Waals surface area contributed by atoms with Crippen molar-refractivity contribution in [2.24, 2.45) is 0 Å². The van der Waals surface area contributed by atoms with E-state index >= 15 is 0 Å². The highest BCUT2D eigenvalue weighted by Gasteiger charge is 2.30. The fraction of sp³-hybridized carbons (Fsp3) is 0.455. The molecular formula is C11H15F2NO. The number of benzene rings is 1. The molecule has 0 saturated heterocycles. The van der Waals surface area contributed by atoms with Crippen LogP contribution in [-0.4, -0.2) is 30.7 Å². The Bertz CT molecular complexity index is 326. The second-order valence-corrected chi connectivity index (χ2v) is 3.80. The largest absolute Gasteiger partial charge is 0.390 e. The summed E-state index contributed by atoms with van der Waals surface area (Å²) < 4.78 is 26.3. The molecule has 1 N–H and O–H groups in total. The van der Waals surface area contributed by atoms with Crippen molar-refractivity contribution < 1.29 is 13.9 Å². The lowest BCUT2D eigenvalue weighted by Gasteiger charge is -2.16. The molecule has 1 aromatic rings. The maximum atomic E-state index is 13.1. The first-order chi connectivity index (χ1) is 6.95. The lowest BCUT2D eigenvalue weighted by Crippen LogP contribution is -2.19. The Hall–Kier alpha value is -1.00. The van der Waals surface area contributed by atoms with Crippen molar-refractivity contribution in [2.75, 3.05) is 20.7 Å². The van der Waals surface area contributed by atoms with Gasteiger partial charge < -0.3 is 10.0 Å². The molecule has 2 nitrogen and oxygen atoms in total. The lowest BCUT2D eigenvalue weighted by molar-refractivity contribution is -0.0556. The molecule has 0 saturated carbocycles. The number of nitrogens with zero attached hydrogens (tertiary/aromatic N) is 1. The minimum Gasteiger partial charge on any atom is -0.390 e. The number of hydrogen-bond donors (Lipinski definition) is 1. The Morgan fingerprint density at radius 1 is 1.33 bits per heavy atom. The highest BCUT2D eigenvalue weighted by atomic mass is 19.3. The molecule has 0 heterocycles. The molecule has 0 bridgehead atoms. The highest BCUT2D eigenvalue weighted by molar-refractivity contribution is 5.26. The molecule has 0 amide bonds. The Morgan fingerprint density at radius 2 is 2.00 bits per heavy atom. The van der Waals surface area contributed by atoms with E-state index in [1.165, 1.54) is 12.1 Å². The molecule has 0 aliphatic heterocycles. The average molecular weight is 215 g/mol. The number of alkyl halides is 2. The first kappa shape index (κ1) is 12.1. The van der Waals surface area contributed by atoms with Crippen molar-refractivity contribution in [3.05, 3.63) is 35.4 Å². The Labute approximate surface area is 88.1 Å². The lowest BCUT2D eigenvalue weighted by atomic mass is 10.1. The van der Waals surface area contributed by atoms with E-state index in [9.17, 15) is 8.78 Å². The van der Waals surface area contributed by atoms with E-state index in [1.54, 1.807) is 12.1 Å². The van der Waals surface area contributed by atoms with Crippen LogP contribution in [0.3, 0.4) is 0 Å². The van der Waals surface area contributed by atoms with E-state index in [-0.39, 0.29) is 5.56 Å². The number of aliphatic hydroxyl groups excluding tert-OH is 1. The summed E-state index contributed by atoms with van der Waals surface area (Å²) in [5.74, 6) is -3.15. The summed E-state index contributed by atoms with van der Waals surface area (Å²) >= 11 is 0. The van der Waals surface area contributed by atoms with Crippen LogP contribution in [-0.2, 0) is 12.5 Å². The molecule has 0 unspecified atom stereocenters. The fourth-order valence-corrected chi connectivity index (χ4v) is 1.35. The maximum absolute atomic E-state index is 13.1. The van der Waals surface area contributed by atoms with Gasteiger partial charge in [-0.05, 0) is 25.7 Å². The van der Waals surface area contributed by atoms with Gasteiger partial charge in [0.2, 0.25) is 0 Å². The summed E-state index contributed by atoms with van der Waals surface area (Å²) in [7, 11) is 3.74. The van der Waals surface area contributed by atoms with E-state index in [0.29, 0.717) is 6.54 Å². The molecule has 0 aliphatic carbocycles. The predicted octanol–water partition coefficient (Wildman–Crippen LogP) is 1.83. The van der Waals surface area contributed by atoms with E-state index in [2.05, 4.69) is 0 Å². The highest BCUT2D eigenvalue weighted by Crippen LogP contribution is 2.27. The summed E-state index contributed by atoms with van der Waals surface area (Å²) in [6.45, 7) is -0.548. The van der Waals surface area contributed by atoms with Crippen LogP contribution < -0.4 is 0 Å². The fourth-order valence-electron chi connectivity index (χ4n) is 1.35. The Morgan fingerprint density at radius 3 is 2.53 bits per heavy atom. The molecule has 15 heavy (non-hydrogen) atoms. The molecule has 0 aromatic heterocycles. The normalized spacial score (nSPS) is 12.1. The van der Waals surface area contributed by atoms with Crippen molar-refractivity contribution in [1.82, 2.24) is 4.90 Å². The Kier molecular flexibility index (Phi) is 3.77.